The second-order valence-electron chi connectivity index (χ2n) is 9.96. The van der Waals surface area contributed by atoms with Gasteiger partial charge in [0.05, 0.1) is 16.8 Å². The summed E-state index contributed by atoms with van der Waals surface area (Å²) >= 11 is 1.50. The van der Waals surface area contributed by atoms with Crippen LogP contribution >= 0.6 is 11.8 Å². The van der Waals surface area contributed by atoms with Crippen LogP contribution in [0, 0.1) is 0 Å². The number of carbonyl (C=O) groups excluding carboxylic acids is 2. The molecule has 2 aromatic carbocycles. The average molecular weight is 563 g/mol. The molecule has 0 bridgehead atoms. The molecule has 0 saturated carbocycles. The molecule has 0 spiro atoms. The largest absolute Gasteiger partial charge is 0.459 e. The minimum Gasteiger partial charge on any atom is -0.459 e. The van der Waals surface area contributed by atoms with Gasteiger partial charge >= 0.3 is 11.9 Å². The van der Waals surface area contributed by atoms with Gasteiger partial charge in [0.25, 0.3) is 0 Å². The number of carbonyl (C=O) groups is 2. The number of nitrogens with zero attached hydrogens (tertiary/aromatic N) is 2. The SMILES string of the molecule is CCCCCCCCc1cc([C@H]2C[C@H](OC(=O)c3ccccc3)[C@@H](COC(=O)c3ccccc3)O2)nc(SC)n1. The molecular weight excluding hydrogens is 524 g/mol. The molecule has 0 aliphatic carbocycles. The first kappa shape index (κ1) is 29.7. The van der Waals surface area contributed by atoms with Crippen molar-refractivity contribution >= 4 is 23.7 Å². The summed E-state index contributed by atoms with van der Waals surface area (Å²) in [6, 6.07) is 19.7. The maximum atomic E-state index is 12.9. The van der Waals surface area contributed by atoms with Gasteiger partial charge in [-0.3, -0.25) is 0 Å². The Morgan fingerprint density at radius 1 is 0.900 bits per heavy atom. The fourth-order valence-corrected chi connectivity index (χ4v) is 5.14. The lowest BCUT2D eigenvalue weighted by Crippen LogP contribution is -2.32. The van der Waals surface area contributed by atoms with E-state index in [1.165, 1.54) is 43.9 Å². The highest BCUT2D eigenvalue weighted by molar-refractivity contribution is 7.98. The highest BCUT2D eigenvalue weighted by Crippen LogP contribution is 2.35. The van der Waals surface area contributed by atoms with E-state index in [9.17, 15) is 9.59 Å². The lowest BCUT2D eigenvalue weighted by atomic mass is 10.1. The number of rotatable bonds is 14. The van der Waals surface area contributed by atoms with Crippen molar-refractivity contribution in [1.29, 1.82) is 0 Å². The third-order valence-electron chi connectivity index (χ3n) is 6.93. The Morgan fingerprint density at radius 2 is 1.55 bits per heavy atom. The predicted molar refractivity (Wildman–Crippen MR) is 155 cm³/mol. The molecule has 4 rings (SSSR count). The van der Waals surface area contributed by atoms with Crippen LogP contribution in [0.15, 0.2) is 71.9 Å². The number of aryl methyl sites for hydroxylation is 1. The maximum absolute atomic E-state index is 12.9. The van der Waals surface area contributed by atoms with Crippen molar-refractivity contribution in [2.45, 2.75) is 81.8 Å². The van der Waals surface area contributed by atoms with Crippen LogP contribution < -0.4 is 0 Å². The van der Waals surface area contributed by atoms with Crippen molar-refractivity contribution in [1.82, 2.24) is 9.97 Å². The predicted octanol–water partition coefficient (Wildman–Crippen LogP) is 7.01. The third kappa shape index (κ3) is 8.63. The number of aromatic nitrogens is 2. The zero-order valence-electron chi connectivity index (χ0n) is 23.3. The zero-order chi connectivity index (χ0) is 28.2. The van der Waals surface area contributed by atoms with Gasteiger partial charge < -0.3 is 14.2 Å². The Morgan fingerprint density at radius 3 is 2.23 bits per heavy atom. The van der Waals surface area contributed by atoms with Crippen LogP contribution in [0.25, 0.3) is 0 Å². The van der Waals surface area contributed by atoms with Crippen molar-refractivity contribution in [3.05, 3.63) is 89.2 Å². The van der Waals surface area contributed by atoms with Crippen LogP contribution in [0.1, 0.15) is 90.1 Å². The van der Waals surface area contributed by atoms with Crippen molar-refractivity contribution in [2.24, 2.45) is 0 Å². The highest BCUT2D eigenvalue weighted by atomic mass is 32.2. The molecule has 1 aliphatic rings. The fraction of sp³-hybridized carbons (Fsp3) is 0.438. The van der Waals surface area contributed by atoms with Crippen LogP contribution in [-0.2, 0) is 20.6 Å². The van der Waals surface area contributed by atoms with E-state index in [0.29, 0.717) is 22.7 Å². The van der Waals surface area contributed by atoms with E-state index in [4.69, 9.17) is 24.2 Å². The molecule has 7 nitrogen and oxygen atoms in total. The number of hydrogen-bond donors (Lipinski definition) is 0. The van der Waals surface area contributed by atoms with E-state index in [1.807, 2.05) is 24.5 Å². The van der Waals surface area contributed by atoms with Crippen LogP contribution in [0.4, 0.5) is 0 Å². The summed E-state index contributed by atoms with van der Waals surface area (Å²) in [7, 11) is 0. The first-order valence-corrected chi connectivity index (χ1v) is 15.3. The molecule has 2 heterocycles. The van der Waals surface area contributed by atoms with Crippen LogP contribution in [0.5, 0.6) is 0 Å². The quantitative estimate of drug-likeness (QED) is 0.0897. The standard InChI is InChI=1S/C32H38N2O5S/c1-3-4-5-6-7-14-19-25-20-26(34-32(33-25)40-2)27-21-28(39-31(36)24-17-12-9-13-18-24)29(38-27)22-37-30(35)23-15-10-8-11-16-23/h8-13,15-18,20,27-29H,3-7,14,19,21-22H2,1-2H3/t27-,28+,29-/m1/s1. The van der Waals surface area contributed by atoms with Gasteiger partial charge in [-0.1, -0.05) is 87.2 Å². The molecule has 0 amide bonds. The Labute approximate surface area is 241 Å². The summed E-state index contributed by atoms with van der Waals surface area (Å²) in [5.41, 5.74) is 2.66. The van der Waals surface area contributed by atoms with E-state index < -0.39 is 30.3 Å². The zero-order valence-corrected chi connectivity index (χ0v) is 24.1. The average Bonchev–Trinajstić information content (AvgIpc) is 3.40. The Balaban J connectivity index is 1.46. The first-order chi connectivity index (χ1) is 19.6. The van der Waals surface area contributed by atoms with Crippen LogP contribution in [0.3, 0.4) is 0 Å². The van der Waals surface area contributed by atoms with Crippen LogP contribution in [-0.4, -0.2) is 47.0 Å². The number of thioether (sulfide) groups is 1. The van der Waals surface area contributed by atoms with Crippen molar-refractivity contribution < 1.29 is 23.8 Å². The molecule has 1 fully saturated rings. The lowest BCUT2D eigenvalue weighted by Gasteiger charge is -2.19. The monoisotopic (exact) mass is 562 g/mol. The number of ether oxygens (including phenoxy) is 3. The second kappa shape index (κ2) is 15.5. The molecule has 8 heteroatoms. The fourth-order valence-electron chi connectivity index (χ4n) is 4.74. The summed E-state index contributed by atoms with van der Waals surface area (Å²) < 4.78 is 17.8. The summed E-state index contributed by atoms with van der Waals surface area (Å²) in [5.74, 6) is -0.890. The topological polar surface area (TPSA) is 87.6 Å². The minimum atomic E-state index is -0.625. The molecular formula is C32H38N2O5S. The molecule has 212 valence electrons. The van der Waals surface area contributed by atoms with Gasteiger partial charge in [0.1, 0.15) is 24.9 Å². The van der Waals surface area contributed by atoms with Crippen molar-refractivity contribution in [3.63, 3.8) is 0 Å². The molecule has 0 radical (unpaired) electrons. The smallest absolute Gasteiger partial charge is 0.338 e. The first-order valence-electron chi connectivity index (χ1n) is 14.1. The van der Waals surface area contributed by atoms with Gasteiger partial charge in [0.15, 0.2) is 5.16 Å². The molecule has 40 heavy (non-hydrogen) atoms. The summed E-state index contributed by atoms with van der Waals surface area (Å²) in [4.78, 5) is 35.0. The number of hydrogen-bond acceptors (Lipinski definition) is 8. The minimum absolute atomic E-state index is 0.0396. The molecule has 0 unspecified atom stereocenters. The highest BCUT2D eigenvalue weighted by Gasteiger charge is 2.40. The third-order valence-corrected chi connectivity index (χ3v) is 7.48. The molecule has 0 N–H and O–H groups in total. The van der Waals surface area contributed by atoms with Crippen molar-refractivity contribution in [2.75, 3.05) is 12.9 Å². The second-order valence-corrected chi connectivity index (χ2v) is 10.7. The normalized spacial score (nSPS) is 18.4. The summed E-state index contributed by atoms with van der Waals surface area (Å²) in [6.45, 7) is 2.19. The van der Waals surface area contributed by atoms with Gasteiger partial charge in [-0.2, -0.15) is 0 Å². The Kier molecular flexibility index (Phi) is 11.5. The Bertz CT molecular complexity index is 1220. The van der Waals surface area contributed by atoms with E-state index in [-0.39, 0.29) is 6.61 Å². The van der Waals surface area contributed by atoms with E-state index in [1.54, 1.807) is 48.5 Å². The summed E-state index contributed by atoms with van der Waals surface area (Å²) in [6.07, 6.45) is 8.91. The molecule has 1 aliphatic heterocycles. The summed E-state index contributed by atoms with van der Waals surface area (Å²) in [5, 5.41) is 0.693. The van der Waals surface area contributed by atoms with Gasteiger partial charge in [-0.05, 0) is 49.4 Å². The van der Waals surface area contributed by atoms with Crippen molar-refractivity contribution in [3.8, 4) is 0 Å². The molecule has 1 saturated heterocycles. The molecule has 1 aromatic heterocycles. The number of esters is 2. The number of unbranched alkanes of at least 4 members (excludes halogenated alkanes) is 5. The maximum Gasteiger partial charge on any atom is 0.338 e. The number of benzene rings is 2. The van der Waals surface area contributed by atoms with Gasteiger partial charge in [0.2, 0.25) is 0 Å². The van der Waals surface area contributed by atoms with E-state index in [0.717, 1.165) is 24.2 Å². The molecule has 3 aromatic rings. The van der Waals surface area contributed by atoms with E-state index >= 15 is 0 Å². The van der Waals surface area contributed by atoms with Gasteiger partial charge in [-0.25, -0.2) is 19.6 Å². The van der Waals surface area contributed by atoms with Crippen LogP contribution in [0.2, 0.25) is 0 Å². The Hall–Kier alpha value is -3.23. The van der Waals surface area contributed by atoms with Gasteiger partial charge in [0, 0.05) is 12.1 Å². The van der Waals surface area contributed by atoms with E-state index in [2.05, 4.69) is 6.92 Å². The lowest BCUT2D eigenvalue weighted by molar-refractivity contribution is -0.0434. The molecule has 3 atom stereocenters. The van der Waals surface area contributed by atoms with Gasteiger partial charge in [-0.15, -0.1) is 0 Å².